The molecule has 4 rings (SSSR count). The topological polar surface area (TPSA) is 41.6 Å². The first kappa shape index (κ1) is 22.0. The molecule has 1 amide bonds. The summed E-state index contributed by atoms with van der Waals surface area (Å²) in [4.78, 5) is 14.9. The Morgan fingerprint density at radius 1 is 1.00 bits per heavy atom. The van der Waals surface area contributed by atoms with Gasteiger partial charge in [0.05, 0.1) is 7.11 Å². The molecular weight excluding hydrogens is 410 g/mol. The minimum Gasteiger partial charge on any atom is -0.497 e. The molecule has 1 N–H and O–H groups in total. The third-order valence-corrected chi connectivity index (χ3v) is 5.92. The number of hydrogen-bond acceptors (Lipinski definition) is 3. The van der Waals surface area contributed by atoms with Crippen LogP contribution in [0.3, 0.4) is 0 Å². The van der Waals surface area contributed by atoms with Gasteiger partial charge in [0.1, 0.15) is 5.75 Å². The molecular formula is C26H26F2N2O2. The predicted molar refractivity (Wildman–Crippen MR) is 121 cm³/mol. The minimum absolute atomic E-state index is 0.00983. The molecule has 1 fully saturated rings. The van der Waals surface area contributed by atoms with E-state index in [4.69, 9.17) is 4.74 Å². The van der Waals surface area contributed by atoms with Crippen molar-refractivity contribution in [1.29, 1.82) is 0 Å². The van der Waals surface area contributed by atoms with Gasteiger partial charge in [-0.2, -0.15) is 0 Å². The molecule has 0 aliphatic carbocycles. The predicted octanol–water partition coefficient (Wildman–Crippen LogP) is 5.49. The Labute approximate surface area is 186 Å². The van der Waals surface area contributed by atoms with Crippen molar-refractivity contribution in [2.24, 2.45) is 5.92 Å². The average Bonchev–Trinajstić information content (AvgIpc) is 2.82. The zero-order valence-electron chi connectivity index (χ0n) is 18.0. The normalized spacial score (nSPS) is 14.8. The maximum Gasteiger partial charge on any atom is 0.227 e. The summed E-state index contributed by atoms with van der Waals surface area (Å²) in [5.74, 6) is -0.952. The van der Waals surface area contributed by atoms with E-state index in [2.05, 4.69) is 10.2 Å². The highest BCUT2D eigenvalue weighted by atomic mass is 19.2. The summed E-state index contributed by atoms with van der Waals surface area (Å²) in [7, 11) is 1.63. The standard InChI is InChI=1S/C26H26F2N2O2/c1-32-23-9-3-6-20(16-23)19-5-2-8-22(15-19)29-26(31)18-11-13-30(14-12-18)17-21-7-4-10-24(27)25(21)28/h2-10,15-16,18H,11-14,17H2,1H3,(H,29,31). The van der Waals surface area contributed by atoms with E-state index in [-0.39, 0.29) is 11.8 Å². The van der Waals surface area contributed by atoms with Crippen LogP contribution in [0, 0.1) is 17.6 Å². The van der Waals surface area contributed by atoms with E-state index in [1.807, 2.05) is 48.5 Å². The lowest BCUT2D eigenvalue weighted by Gasteiger charge is -2.31. The largest absolute Gasteiger partial charge is 0.497 e. The number of piperidine rings is 1. The molecule has 0 aromatic heterocycles. The average molecular weight is 437 g/mol. The van der Waals surface area contributed by atoms with Crippen LogP contribution in [0.1, 0.15) is 18.4 Å². The number of carbonyl (C=O) groups excluding carboxylic acids is 1. The molecule has 1 aliphatic rings. The highest BCUT2D eigenvalue weighted by molar-refractivity contribution is 5.93. The van der Waals surface area contributed by atoms with Crippen LogP contribution in [0.4, 0.5) is 14.5 Å². The van der Waals surface area contributed by atoms with Crippen LogP contribution in [0.15, 0.2) is 66.7 Å². The number of anilines is 1. The molecule has 32 heavy (non-hydrogen) atoms. The van der Waals surface area contributed by atoms with E-state index in [1.165, 1.54) is 6.07 Å². The van der Waals surface area contributed by atoms with Crippen LogP contribution < -0.4 is 10.1 Å². The Kier molecular flexibility index (Phi) is 6.81. The summed E-state index contributed by atoms with van der Waals surface area (Å²) in [5, 5.41) is 3.03. The Hall–Kier alpha value is -3.25. The van der Waals surface area contributed by atoms with E-state index >= 15 is 0 Å². The highest BCUT2D eigenvalue weighted by Gasteiger charge is 2.25. The summed E-state index contributed by atoms with van der Waals surface area (Å²) in [5.41, 5.74) is 3.11. The Bertz CT molecular complexity index is 1090. The molecule has 1 aliphatic heterocycles. The van der Waals surface area contributed by atoms with E-state index in [9.17, 15) is 13.6 Å². The molecule has 0 atom stereocenters. The Morgan fingerprint density at radius 3 is 2.44 bits per heavy atom. The van der Waals surface area contributed by atoms with Crippen LogP contribution in [0.5, 0.6) is 5.75 Å². The fraction of sp³-hybridized carbons (Fsp3) is 0.269. The summed E-state index contributed by atoms with van der Waals surface area (Å²) >= 11 is 0. The van der Waals surface area contributed by atoms with E-state index in [0.717, 1.165) is 28.6 Å². The molecule has 4 nitrogen and oxygen atoms in total. The summed E-state index contributed by atoms with van der Waals surface area (Å²) < 4.78 is 32.7. The van der Waals surface area contributed by atoms with Crippen molar-refractivity contribution in [3.05, 3.63) is 83.9 Å². The molecule has 0 saturated carbocycles. The lowest BCUT2D eigenvalue weighted by atomic mass is 9.95. The van der Waals surface area contributed by atoms with Gasteiger partial charge in [0.25, 0.3) is 0 Å². The van der Waals surface area contributed by atoms with Gasteiger partial charge in [0, 0.05) is 23.7 Å². The zero-order chi connectivity index (χ0) is 22.5. The summed E-state index contributed by atoms with van der Waals surface area (Å²) in [6, 6.07) is 19.8. The van der Waals surface area contributed by atoms with E-state index in [1.54, 1.807) is 13.2 Å². The molecule has 3 aromatic carbocycles. The number of rotatable bonds is 6. The zero-order valence-corrected chi connectivity index (χ0v) is 18.0. The van der Waals surface area contributed by atoms with Gasteiger partial charge in [-0.25, -0.2) is 8.78 Å². The van der Waals surface area contributed by atoms with Crippen molar-refractivity contribution in [3.8, 4) is 16.9 Å². The smallest absolute Gasteiger partial charge is 0.227 e. The van der Waals surface area contributed by atoms with Crippen LogP contribution in [0.25, 0.3) is 11.1 Å². The van der Waals surface area contributed by atoms with Gasteiger partial charge < -0.3 is 10.1 Å². The Balaban J connectivity index is 1.34. The summed E-state index contributed by atoms with van der Waals surface area (Å²) in [6.07, 6.45) is 1.36. The van der Waals surface area contributed by atoms with Crippen LogP contribution >= 0.6 is 0 Å². The number of benzene rings is 3. The lowest BCUT2D eigenvalue weighted by Crippen LogP contribution is -2.38. The van der Waals surface area contributed by atoms with Gasteiger partial charge >= 0.3 is 0 Å². The molecule has 3 aromatic rings. The van der Waals surface area contributed by atoms with Crippen molar-refractivity contribution in [2.45, 2.75) is 19.4 Å². The number of hydrogen-bond donors (Lipinski definition) is 1. The molecule has 0 bridgehead atoms. The highest BCUT2D eigenvalue weighted by Crippen LogP contribution is 2.27. The first-order valence-corrected chi connectivity index (χ1v) is 10.7. The third-order valence-electron chi connectivity index (χ3n) is 5.92. The van der Waals surface area contributed by atoms with Crippen molar-refractivity contribution >= 4 is 11.6 Å². The first-order chi connectivity index (χ1) is 15.5. The van der Waals surface area contributed by atoms with Gasteiger partial charge in [0.2, 0.25) is 5.91 Å². The summed E-state index contributed by atoms with van der Waals surface area (Å²) in [6.45, 7) is 1.68. The van der Waals surface area contributed by atoms with Crippen LogP contribution in [0.2, 0.25) is 0 Å². The minimum atomic E-state index is -0.826. The quantitative estimate of drug-likeness (QED) is 0.556. The second-order valence-corrected chi connectivity index (χ2v) is 8.07. The van der Waals surface area contributed by atoms with Crippen molar-refractivity contribution in [3.63, 3.8) is 0 Å². The number of likely N-dealkylation sites (tertiary alicyclic amines) is 1. The first-order valence-electron chi connectivity index (χ1n) is 10.7. The third kappa shape index (κ3) is 5.14. The molecule has 1 saturated heterocycles. The fourth-order valence-corrected chi connectivity index (χ4v) is 4.09. The van der Waals surface area contributed by atoms with Crippen molar-refractivity contribution in [1.82, 2.24) is 4.90 Å². The van der Waals surface area contributed by atoms with Gasteiger partial charge in [-0.15, -0.1) is 0 Å². The number of ether oxygens (including phenoxy) is 1. The Morgan fingerprint density at radius 2 is 1.69 bits per heavy atom. The fourth-order valence-electron chi connectivity index (χ4n) is 4.09. The van der Waals surface area contributed by atoms with Crippen LogP contribution in [-0.4, -0.2) is 31.0 Å². The molecule has 0 radical (unpaired) electrons. The number of nitrogens with zero attached hydrogens (tertiary/aromatic N) is 1. The van der Waals surface area contributed by atoms with Crippen molar-refractivity contribution in [2.75, 3.05) is 25.5 Å². The SMILES string of the molecule is COc1cccc(-c2cccc(NC(=O)C3CCN(Cc4cccc(F)c4F)CC3)c2)c1. The van der Waals surface area contributed by atoms with Gasteiger partial charge in [0.15, 0.2) is 11.6 Å². The molecule has 1 heterocycles. The number of halogens is 2. The molecule has 166 valence electrons. The van der Waals surface area contributed by atoms with E-state index in [0.29, 0.717) is 38.0 Å². The number of amides is 1. The second kappa shape index (κ2) is 9.92. The van der Waals surface area contributed by atoms with E-state index < -0.39 is 11.6 Å². The van der Waals surface area contributed by atoms with Gasteiger partial charge in [-0.05, 0) is 67.4 Å². The lowest BCUT2D eigenvalue weighted by molar-refractivity contribution is -0.121. The van der Waals surface area contributed by atoms with Crippen LogP contribution in [-0.2, 0) is 11.3 Å². The van der Waals surface area contributed by atoms with Gasteiger partial charge in [-0.3, -0.25) is 9.69 Å². The monoisotopic (exact) mass is 436 g/mol. The van der Waals surface area contributed by atoms with Gasteiger partial charge in [-0.1, -0.05) is 36.4 Å². The number of nitrogens with one attached hydrogen (secondary N) is 1. The number of carbonyl (C=O) groups is 1. The molecule has 6 heteroatoms. The molecule has 0 unspecified atom stereocenters. The molecule has 0 spiro atoms. The second-order valence-electron chi connectivity index (χ2n) is 8.07. The maximum absolute atomic E-state index is 13.9. The van der Waals surface area contributed by atoms with Crippen molar-refractivity contribution < 1.29 is 18.3 Å². The number of methoxy groups -OCH3 is 1. The maximum atomic E-state index is 13.9.